The van der Waals surface area contributed by atoms with Gasteiger partial charge in [0.1, 0.15) is 11.2 Å². The highest BCUT2D eigenvalue weighted by Gasteiger charge is 2.17. The summed E-state index contributed by atoms with van der Waals surface area (Å²) in [5.74, 6) is 0. The SMILES string of the molecule is c1ccc2c(-c3cccc4c3oc3c5ccccc5ccc43)c3ccccc3cc2c1. The van der Waals surface area contributed by atoms with Gasteiger partial charge in [0.05, 0.1) is 0 Å². The van der Waals surface area contributed by atoms with Gasteiger partial charge in [0.15, 0.2) is 0 Å². The fourth-order valence-corrected chi connectivity index (χ4v) is 5.03. The first-order valence-electron chi connectivity index (χ1n) is 10.6. The number of para-hydroxylation sites is 1. The van der Waals surface area contributed by atoms with Crippen molar-refractivity contribution in [2.24, 2.45) is 0 Å². The van der Waals surface area contributed by atoms with E-state index in [0.717, 1.165) is 27.5 Å². The zero-order valence-corrected chi connectivity index (χ0v) is 16.8. The molecule has 1 aromatic heterocycles. The van der Waals surface area contributed by atoms with Gasteiger partial charge in [-0.3, -0.25) is 0 Å². The lowest BCUT2D eigenvalue weighted by Crippen LogP contribution is -1.86. The predicted octanol–water partition coefficient (Wildman–Crippen LogP) is 8.71. The summed E-state index contributed by atoms with van der Waals surface area (Å²) in [5, 5.41) is 9.68. The molecule has 0 saturated heterocycles. The van der Waals surface area contributed by atoms with Crippen molar-refractivity contribution in [1.29, 1.82) is 0 Å². The van der Waals surface area contributed by atoms with Crippen molar-refractivity contribution in [1.82, 2.24) is 0 Å². The Labute approximate surface area is 179 Å². The second-order valence-corrected chi connectivity index (χ2v) is 8.14. The molecule has 1 nitrogen and oxygen atoms in total. The predicted molar refractivity (Wildman–Crippen MR) is 132 cm³/mol. The van der Waals surface area contributed by atoms with Crippen LogP contribution in [0.25, 0.3) is 65.4 Å². The number of hydrogen-bond donors (Lipinski definition) is 0. The van der Waals surface area contributed by atoms with Gasteiger partial charge >= 0.3 is 0 Å². The first-order valence-corrected chi connectivity index (χ1v) is 10.6. The van der Waals surface area contributed by atoms with E-state index < -0.39 is 0 Å². The first-order chi connectivity index (χ1) is 15.4. The average Bonchev–Trinajstić information content (AvgIpc) is 3.22. The smallest absolute Gasteiger partial charge is 0.143 e. The fraction of sp³-hybridized carbons (Fsp3) is 0. The standard InChI is InChI=1S/C30H18O/c1-6-13-24-19(8-1)16-17-26-25-14-7-15-27(30(25)31-29(24)26)28-22-11-4-2-9-20(22)18-21-10-3-5-12-23(21)28/h1-18H. The molecule has 1 heterocycles. The van der Waals surface area contributed by atoms with Crippen molar-refractivity contribution in [2.75, 3.05) is 0 Å². The highest BCUT2D eigenvalue weighted by molar-refractivity contribution is 6.21. The quantitative estimate of drug-likeness (QED) is 0.254. The summed E-state index contributed by atoms with van der Waals surface area (Å²) in [4.78, 5) is 0. The van der Waals surface area contributed by atoms with Gasteiger partial charge < -0.3 is 4.42 Å². The molecule has 7 aromatic rings. The zero-order valence-electron chi connectivity index (χ0n) is 16.8. The van der Waals surface area contributed by atoms with Crippen LogP contribution >= 0.6 is 0 Å². The molecular weight excluding hydrogens is 376 g/mol. The van der Waals surface area contributed by atoms with Crippen LogP contribution in [0.4, 0.5) is 0 Å². The van der Waals surface area contributed by atoms with Gasteiger partial charge in [-0.1, -0.05) is 97.1 Å². The van der Waals surface area contributed by atoms with E-state index in [0.29, 0.717) is 0 Å². The largest absolute Gasteiger partial charge is 0.455 e. The van der Waals surface area contributed by atoms with Crippen LogP contribution in [0.2, 0.25) is 0 Å². The Morgan fingerprint density at radius 1 is 0.387 bits per heavy atom. The van der Waals surface area contributed by atoms with E-state index >= 15 is 0 Å². The Morgan fingerprint density at radius 3 is 1.71 bits per heavy atom. The van der Waals surface area contributed by atoms with Crippen LogP contribution in [0.15, 0.2) is 114 Å². The molecule has 31 heavy (non-hydrogen) atoms. The van der Waals surface area contributed by atoms with Crippen LogP contribution in [0.5, 0.6) is 0 Å². The van der Waals surface area contributed by atoms with Gasteiger partial charge in [-0.25, -0.2) is 0 Å². The van der Waals surface area contributed by atoms with Crippen molar-refractivity contribution in [3.8, 4) is 11.1 Å². The van der Waals surface area contributed by atoms with Crippen molar-refractivity contribution < 1.29 is 4.42 Å². The molecule has 0 saturated carbocycles. The second kappa shape index (κ2) is 6.20. The Bertz CT molecular complexity index is 1730. The molecule has 0 aliphatic heterocycles. The maximum absolute atomic E-state index is 6.65. The van der Waals surface area contributed by atoms with Crippen molar-refractivity contribution >= 4 is 54.3 Å². The minimum Gasteiger partial charge on any atom is -0.455 e. The first kappa shape index (κ1) is 16.7. The molecule has 0 atom stereocenters. The Balaban J connectivity index is 1.69. The third-order valence-corrected chi connectivity index (χ3v) is 6.43. The lowest BCUT2D eigenvalue weighted by atomic mass is 9.91. The summed E-state index contributed by atoms with van der Waals surface area (Å²) >= 11 is 0. The summed E-state index contributed by atoms with van der Waals surface area (Å²) < 4.78 is 6.65. The molecule has 0 radical (unpaired) electrons. The summed E-state index contributed by atoms with van der Waals surface area (Å²) in [6.45, 7) is 0. The summed E-state index contributed by atoms with van der Waals surface area (Å²) in [7, 11) is 0. The number of furan rings is 1. The summed E-state index contributed by atoms with van der Waals surface area (Å²) in [5.41, 5.74) is 4.30. The van der Waals surface area contributed by atoms with Gasteiger partial charge in [0.2, 0.25) is 0 Å². The number of benzene rings is 6. The molecule has 0 amide bonds. The minimum atomic E-state index is 0.954. The molecule has 0 N–H and O–H groups in total. The lowest BCUT2D eigenvalue weighted by molar-refractivity contribution is 0.674. The maximum atomic E-state index is 6.65. The molecule has 0 unspecified atom stereocenters. The van der Waals surface area contributed by atoms with Crippen LogP contribution in [0.1, 0.15) is 0 Å². The molecule has 0 bridgehead atoms. The Kier molecular flexibility index (Phi) is 3.33. The van der Waals surface area contributed by atoms with Gasteiger partial charge in [0, 0.05) is 27.3 Å². The highest BCUT2D eigenvalue weighted by Crippen LogP contribution is 2.43. The monoisotopic (exact) mass is 394 g/mol. The van der Waals surface area contributed by atoms with Gasteiger partial charge in [-0.15, -0.1) is 0 Å². The van der Waals surface area contributed by atoms with E-state index in [-0.39, 0.29) is 0 Å². The third-order valence-electron chi connectivity index (χ3n) is 6.43. The van der Waals surface area contributed by atoms with Crippen molar-refractivity contribution in [3.63, 3.8) is 0 Å². The lowest BCUT2D eigenvalue weighted by Gasteiger charge is -2.12. The van der Waals surface area contributed by atoms with E-state index in [9.17, 15) is 0 Å². The second-order valence-electron chi connectivity index (χ2n) is 8.14. The van der Waals surface area contributed by atoms with E-state index in [1.54, 1.807) is 0 Å². The summed E-state index contributed by atoms with van der Waals surface area (Å²) in [6.07, 6.45) is 0. The van der Waals surface area contributed by atoms with Gasteiger partial charge in [-0.05, 0) is 39.1 Å². The number of rotatable bonds is 1. The van der Waals surface area contributed by atoms with E-state index in [2.05, 4.69) is 109 Å². The van der Waals surface area contributed by atoms with Crippen LogP contribution < -0.4 is 0 Å². The van der Waals surface area contributed by atoms with Crippen LogP contribution in [-0.2, 0) is 0 Å². The molecule has 0 aliphatic rings. The Hall–Kier alpha value is -4.10. The van der Waals surface area contributed by atoms with E-state index in [4.69, 9.17) is 4.42 Å². The number of hydrogen-bond acceptors (Lipinski definition) is 1. The zero-order chi connectivity index (χ0) is 20.4. The van der Waals surface area contributed by atoms with Crippen LogP contribution in [0, 0.1) is 0 Å². The van der Waals surface area contributed by atoms with Crippen molar-refractivity contribution in [3.05, 3.63) is 109 Å². The van der Waals surface area contributed by atoms with Gasteiger partial charge in [-0.2, -0.15) is 0 Å². The Morgan fingerprint density at radius 2 is 0.968 bits per heavy atom. The van der Waals surface area contributed by atoms with Crippen LogP contribution in [-0.4, -0.2) is 0 Å². The fourth-order valence-electron chi connectivity index (χ4n) is 5.03. The normalized spacial score (nSPS) is 11.9. The van der Waals surface area contributed by atoms with Crippen LogP contribution in [0.3, 0.4) is 0 Å². The molecule has 7 rings (SSSR count). The average molecular weight is 394 g/mol. The molecule has 144 valence electrons. The molecule has 0 spiro atoms. The molecule has 0 aliphatic carbocycles. The van der Waals surface area contributed by atoms with Gasteiger partial charge in [0.25, 0.3) is 0 Å². The highest BCUT2D eigenvalue weighted by atomic mass is 16.3. The molecule has 6 aromatic carbocycles. The van der Waals surface area contributed by atoms with Crippen molar-refractivity contribution in [2.45, 2.75) is 0 Å². The molecular formula is C30H18O. The summed E-state index contributed by atoms with van der Waals surface area (Å²) in [6, 6.07) is 38.9. The maximum Gasteiger partial charge on any atom is 0.143 e. The minimum absolute atomic E-state index is 0.954. The number of fused-ring (bicyclic) bond motifs is 7. The van der Waals surface area contributed by atoms with E-state index in [1.165, 1.54) is 37.9 Å². The molecule has 1 heteroatoms. The molecule has 0 fully saturated rings. The topological polar surface area (TPSA) is 13.1 Å². The van der Waals surface area contributed by atoms with E-state index in [1.807, 2.05) is 0 Å². The third kappa shape index (κ3) is 2.32.